The Labute approximate surface area is 123 Å². The molecule has 20 heavy (non-hydrogen) atoms. The Morgan fingerprint density at radius 1 is 1.00 bits per heavy atom. The Balaban J connectivity index is 0.000000217. The number of nitrogens with two attached hydrogens (primary N) is 1. The molecule has 0 saturated carbocycles. The standard InChI is InChI=1S/C11H17N.C7H9N/c1-4-10(3)12-11-7-5-6-9(2)8-11;1-6-3-2-4-7(8)5-6/h5-8,10,12H,4H2,1-3H3;2-5H,8H2,1H3. The Morgan fingerprint density at radius 2 is 1.60 bits per heavy atom. The first-order valence-corrected chi connectivity index (χ1v) is 7.16. The molecule has 1 unspecified atom stereocenters. The van der Waals surface area contributed by atoms with Crippen LogP contribution in [-0.4, -0.2) is 6.04 Å². The van der Waals surface area contributed by atoms with Gasteiger partial charge in [0.2, 0.25) is 0 Å². The molecule has 3 N–H and O–H groups in total. The Bertz CT molecular complexity index is 503. The summed E-state index contributed by atoms with van der Waals surface area (Å²) in [5, 5.41) is 3.43. The van der Waals surface area contributed by atoms with Crippen LogP contribution in [0.4, 0.5) is 11.4 Å². The maximum Gasteiger partial charge on any atom is 0.0344 e. The van der Waals surface area contributed by atoms with Gasteiger partial charge in [-0.3, -0.25) is 0 Å². The van der Waals surface area contributed by atoms with E-state index >= 15 is 0 Å². The van der Waals surface area contributed by atoms with Crippen molar-refractivity contribution < 1.29 is 0 Å². The van der Waals surface area contributed by atoms with Crippen molar-refractivity contribution in [1.29, 1.82) is 0 Å². The summed E-state index contributed by atoms with van der Waals surface area (Å²) in [5.41, 5.74) is 10.0. The predicted octanol–water partition coefficient (Wildman–Crippen LogP) is 4.78. The number of aryl methyl sites for hydroxylation is 2. The summed E-state index contributed by atoms with van der Waals surface area (Å²) >= 11 is 0. The zero-order valence-corrected chi connectivity index (χ0v) is 13.0. The van der Waals surface area contributed by atoms with E-state index in [0.717, 1.165) is 12.1 Å². The number of anilines is 2. The van der Waals surface area contributed by atoms with Crippen molar-refractivity contribution in [2.45, 2.75) is 40.2 Å². The molecule has 0 bridgehead atoms. The van der Waals surface area contributed by atoms with Crippen LogP contribution < -0.4 is 11.1 Å². The van der Waals surface area contributed by atoms with Gasteiger partial charge in [-0.15, -0.1) is 0 Å². The lowest BCUT2D eigenvalue weighted by Crippen LogP contribution is -2.13. The molecule has 2 aromatic carbocycles. The molecular formula is C18H26N2. The lowest BCUT2D eigenvalue weighted by Gasteiger charge is -2.12. The van der Waals surface area contributed by atoms with Gasteiger partial charge in [-0.2, -0.15) is 0 Å². The highest BCUT2D eigenvalue weighted by molar-refractivity contribution is 5.46. The van der Waals surface area contributed by atoms with Crippen molar-refractivity contribution >= 4 is 11.4 Å². The maximum absolute atomic E-state index is 5.46. The van der Waals surface area contributed by atoms with Gasteiger partial charge in [-0.05, 0) is 62.6 Å². The summed E-state index contributed by atoms with van der Waals surface area (Å²) in [4.78, 5) is 0. The molecule has 108 valence electrons. The van der Waals surface area contributed by atoms with Gasteiger partial charge in [-0.25, -0.2) is 0 Å². The van der Waals surface area contributed by atoms with Crippen molar-refractivity contribution in [2.75, 3.05) is 11.1 Å². The third-order valence-corrected chi connectivity index (χ3v) is 3.09. The zero-order chi connectivity index (χ0) is 15.0. The normalized spacial score (nSPS) is 11.2. The van der Waals surface area contributed by atoms with Crippen molar-refractivity contribution in [3.8, 4) is 0 Å². The molecule has 1 atom stereocenters. The third kappa shape index (κ3) is 6.28. The fourth-order valence-electron chi connectivity index (χ4n) is 1.79. The molecule has 2 heteroatoms. The highest BCUT2D eigenvalue weighted by atomic mass is 14.9. The van der Waals surface area contributed by atoms with E-state index in [1.165, 1.54) is 16.8 Å². The second-order valence-electron chi connectivity index (χ2n) is 5.24. The monoisotopic (exact) mass is 270 g/mol. The van der Waals surface area contributed by atoms with Gasteiger partial charge in [0.25, 0.3) is 0 Å². The minimum absolute atomic E-state index is 0.562. The summed E-state index contributed by atoms with van der Waals surface area (Å²) in [6, 6.07) is 16.8. The van der Waals surface area contributed by atoms with Crippen LogP contribution >= 0.6 is 0 Å². The van der Waals surface area contributed by atoms with Crippen LogP contribution in [0.3, 0.4) is 0 Å². The van der Waals surface area contributed by atoms with Gasteiger partial charge in [0.15, 0.2) is 0 Å². The van der Waals surface area contributed by atoms with Crippen molar-refractivity contribution in [2.24, 2.45) is 0 Å². The largest absolute Gasteiger partial charge is 0.399 e. The average Bonchev–Trinajstić information content (AvgIpc) is 2.39. The number of nitrogen functional groups attached to an aromatic ring is 1. The molecule has 0 radical (unpaired) electrons. The van der Waals surface area contributed by atoms with Gasteiger partial charge in [0, 0.05) is 17.4 Å². The molecule has 0 heterocycles. The molecule has 2 nitrogen and oxygen atoms in total. The van der Waals surface area contributed by atoms with Gasteiger partial charge < -0.3 is 11.1 Å². The molecule has 0 aliphatic carbocycles. The van der Waals surface area contributed by atoms with E-state index in [2.05, 4.69) is 50.4 Å². The second kappa shape index (κ2) is 8.26. The minimum atomic E-state index is 0.562. The van der Waals surface area contributed by atoms with Gasteiger partial charge in [0.05, 0.1) is 0 Å². The molecule has 0 saturated heterocycles. The van der Waals surface area contributed by atoms with Crippen LogP contribution in [0.5, 0.6) is 0 Å². The second-order valence-corrected chi connectivity index (χ2v) is 5.24. The van der Waals surface area contributed by atoms with E-state index in [-0.39, 0.29) is 0 Å². The van der Waals surface area contributed by atoms with E-state index in [9.17, 15) is 0 Å². The number of hydrogen-bond acceptors (Lipinski definition) is 2. The van der Waals surface area contributed by atoms with E-state index < -0.39 is 0 Å². The summed E-state index contributed by atoms with van der Waals surface area (Å²) in [5.74, 6) is 0. The Hall–Kier alpha value is -1.96. The Morgan fingerprint density at radius 3 is 2.05 bits per heavy atom. The lowest BCUT2D eigenvalue weighted by atomic mass is 10.2. The fourth-order valence-corrected chi connectivity index (χ4v) is 1.79. The number of rotatable bonds is 3. The summed E-state index contributed by atoms with van der Waals surface area (Å²) < 4.78 is 0. The summed E-state index contributed by atoms with van der Waals surface area (Å²) in [6.07, 6.45) is 1.16. The van der Waals surface area contributed by atoms with Crippen LogP contribution in [0.2, 0.25) is 0 Å². The van der Waals surface area contributed by atoms with Crippen molar-refractivity contribution in [1.82, 2.24) is 0 Å². The molecule has 0 aromatic heterocycles. The summed E-state index contributed by atoms with van der Waals surface area (Å²) in [6.45, 7) is 8.52. The average molecular weight is 270 g/mol. The van der Waals surface area contributed by atoms with E-state index in [1.54, 1.807) is 0 Å². The van der Waals surface area contributed by atoms with Gasteiger partial charge >= 0.3 is 0 Å². The van der Waals surface area contributed by atoms with Crippen molar-refractivity contribution in [3.05, 3.63) is 59.7 Å². The molecule has 0 aliphatic heterocycles. The first-order chi connectivity index (χ1) is 9.51. The predicted molar refractivity (Wildman–Crippen MR) is 90.1 cm³/mol. The molecule has 0 amide bonds. The van der Waals surface area contributed by atoms with Crippen LogP contribution in [0, 0.1) is 13.8 Å². The van der Waals surface area contributed by atoms with Crippen LogP contribution in [-0.2, 0) is 0 Å². The number of benzene rings is 2. The highest BCUT2D eigenvalue weighted by Gasteiger charge is 1.97. The maximum atomic E-state index is 5.46. The quantitative estimate of drug-likeness (QED) is 0.787. The topological polar surface area (TPSA) is 38.0 Å². The number of hydrogen-bond donors (Lipinski definition) is 2. The molecule has 0 spiro atoms. The molecule has 2 rings (SSSR count). The van der Waals surface area contributed by atoms with Gasteiger partial charge in [-0.1, -0.05) is 31.2 Å². The van der Waals surface area contributed by atoms with E-state index in [0.29, 0.717) is 6.04 Å². The zero-order valence-electron chi connectivity index (χ0n) is 13.0. The molecule has 2 aromatic rings. The highest BCUT2D eigenvalue weighted by Crippen LogP contribution is 2.11. The lowest BCUT2D eigenvalue weighted by molar-refractivity contribution is 0.764. The van der Waals surface area contributed by atoms with E-state index in [1.807, 2.05) is 31.2 Å². The van der Waals surface area contributed by atoms with Crippen LogP contribution in [0.25, 0.3) is 0 Å². The van der Waals surface area contributed by atoms with Gasteiger partial charge in [0.1, 0.15) is 0 Å². The minimum Gasteiger partial charge on any atom is -0.399 e. The smallest absolute Gasteiger partial charge is 0.0344 e. The van der Waals surface area contributed by atoms with Crippen molar-refractivity contribution in [3.63, 3.8) is 0 Å². The van der Waals surface area contributed by atoms with E-state index in [4.69, 9.17) is 5.73 Å². The fraction of sp³-hybridized carbons (Fsp3) is 0.333. The first kappa shape index (κ1) is 16.1. The first-order valence-electron chi connectivity index (χ1n) is 7.16. The third-order valence-electron chi connectivity index (χ3n) is 3.09. The Kier molecular flexibility index (Phi) is 6.65. The molecule has 0 fully saturated rings. The molecule has 0 aliphatic rings. The molecular weight excluding hydrogens is 244 g/mol. The van der Waals surface area contributed by atoms with Crippen LogP contribution in [0.15, 0.2) is 48.5 Å². The van der Waals surface area contributed by atoms with Crippen LogP contribution in [0.1, 0.15) is 31.4 Å². The summed E-state index contributed by atoms with van der Waals surface area (Å²) in [7, 11) is 0. The number of nitrogens with one attached hydrogen (secondary N) is 1. The SMILES string of the molecule is CCC(C)Nc1cccc(C)c1.Cc1cccc(N)c1.